The van der Waals surface area contributed by atoms with Crippen LogP contribution in [-0.4, -0.2) is 57.8 Å². The minimum atomic E-state index is -1.32. The van der Waals surface area contributed by atoms with Gasteiger partial charge in [-0.05, 0) is 24.3 Å². The van der Waals surface area contributed by atoms with E-state index in [1.807, 2.05) is 0 Å². The average molecular weight is 368 g/mol. The van der Waals surface area contributed by atoms with Gasteiger partial charge in [0.25, 0.3) is 0 Å². The van der Waals surface area contributed by atoms with Gasteiger partial charge >= 0.3 is 11.9 Å². The van der Waals surface area contributed by atoms with Crippen molar-refractivity contribution in [2.75, 3.05) is 13.2 Å². The van der Waals surface area contributed by atoms with Gasteiger partial charge in [0.15, 0.2) is 0 Å². The molecule has 0 bridgehead atoms. The first-order valence-electron chi connectivity index (χ1n) is 8.37. The van der Waals surface area contributed by atoms with Crippen molar-refractivity contribution >= 4 is 11.9 Å². The first-order valence-corrected chi connectivity index (χ1v) is 8.37. The molecule has 26 heavy (non-hydrogen) atoms. The predicted molar refractivity (Wildman–Crippen MR) is 95.0 cm³/mol. The van der Waals surface area contributed by atoms with Gasteiger partial charge in [0.1, 0.15) is 6.10 Å². The summed E-state index contributed by atoms with van der Waals surface area (Å²) in [6.45, 7) is 13.5. The Morgan fingerprint density at radius 1 is 1.35 bits per heavy atom. The van der Waals surface area contributed by atoms with Gasteiger partial charge in [-0.3, -0.25) is 4.79 Å². The molecule has 1 rings (SSSR count). The van der Waals surface area contributed by atoms with Crippen molar-refractivity contribution in [3.63, 3.8) is 0 Å². The van der Waals surface area contributed by atoms with Gasteiger partial charge in [-0.15, -0.1) is 6.58 Å². The molecule has 7 heteroatoms. The standard InChI is InChI=1S/C19H28O7/c1-6-19(5)7-13(26-18(25)11(3)9-21)14(12(4)17(23)24)16(22)15(19)10(2)8-20/h6,11,13-16,20-22H,1-2,4,7-9H2,3,5H3,(H,23,24)/t11-,13-,14+,15+,16+,19+/m0/s1. The fraction of sp³-hybridized carbons (Fsp3) is 0.579. The first-order chi connectivity index (χ1) is 12.0. The molecule has 0 radical (unpaired) electrons. The summed E-state index contributed by atoms with van der Waals surface area (Å²) < 4.78 is 5.43. The van der Waals surface area contributed by atoms with Crippen molar-refractivity contribution in [2.24, 2.45) is 23.2 Å². The van der Waals surface area contributed by atoms with Gasteiger partial charge in [0.05, 0.1) is 31.2 Å². The zero-order valence-electron chi connectivity index (χ0n) is 15.2. The van der Waals surface area contributed by atoms with Crippen LogP contribution in [0.1, 0.15) is 20.3 Å². The molecule has 0 aromatic rings. The molecule has 1 fully saturated rings. The van der Waals surface area contributed by atoms with E-state index < -0.39 is 53.9 Å². The molecule has 0 aromatic heterocycles. The molecule has 0 unspecified atom stereocenters. The monoisotopic (exact) mass is 368 g/mol. The van der Waals surface area contributed by atoms with E-state index in [1.165, 1.54) is 6.92 Å². The molecule has 146 valence electrons. The van der Waals surface area contributed by atoms with Gasteiger partial charge in [-0.25, -0.2) is 4.79 Å². The van der Waals surface area contributed by atoms with Crippen LogP contribution in [0.3, 0.4) is 0 Å². The average Bonchev–Trinajstić information content (AvgIpc) is 2.59. The van der Waals surface area contributed by atoms with E-state index in [1.54, 1.807) is 13.0 Å². The van der Waals surface area contributed by atoms with E-state index in [0.29, 0.717) is 5.57 Å². The Morgan fingerprint density at radius 2 is 1.92 bits per heavy atom. The summed E-state index contributed by atoms with van der Waals surface area (Å²) in [6.07, 6.45) is -0.520. The van der Waals surface area contributed by atoms with Gasteiger partial charge in [0.2, 0.25) is 0 Å². The minimum Gasteiger partial charge on any atom is -0.478 e. The lowest BCUT2D eigenvalue weighted by Crippen LogP contribution is -2.54. The molecule has 6 atom stereocenters. The smallest absolute Gasteiger partial charge is 0.331 e. The van der Waals surface area contributed by atoms with E-state index in [9.17, 15) is 24.9 Å². The fourth-order valence-electron chi connectivity index (χ4n) is 3.55. The lowest BCUT2D eigenvalue weighted by molar-refractivity contribution is -0.169. The first kappa shape index (κ1) is 22.1. The zero-order chi connectivity index (χ0) is 20.2. The molecule has 0 aromatic carbocycles. The summed E-state index contributed by atoms with van der Waals surface area (Å²) in [5, 5.41) is 38.9. The van der Waals surface area contributed by atoms with Gasteiger partial charge in [-0.2, -0.15) is 0 Å². The van der Waals surface area contributed by atoms with Crippen LogP contribution in [0.15, 0.2) is 37.0 Å². The third-order valence-corrected chi connectivity index (χ3v) is 5.19. The number of ether oxygens (including phenoxy) is 1. The molecule has 1 aliphatic carbocycles. The van der Waals surface area contributed by atoms with Gasteiger partial charge in [0, 0.05) is 11.5 Å². The van der Waals surface area contributed by atoms with Crippen LogP contribution >= 0.6 is 0 Å². The number of carboxylic acids is 1. The van der Waals surface area contributed by atoms with Crippen LogP contribution in [0.25, 0.3) is 0 Å². The summed E-state index contributed by atoms with van der Waals surface area (Å²) in [5.74, 6) is -4.56. The quantitative estimate of drug-likeness (QED) is 0.285. The Balaban J connectivity index is 3.35. The molecule has 0 amide bonds. The van der Waals surface area contributed by atoms with Crippen molar-refractivity contribution in [1.82, 2.24) is 0 Å². The molecule has 0 aliphatic heterocycles. The van der Waals surface area contributed by atoms with Crippen LogP contribution in [-0.2, 0) is 14.3 Å². The third kappa shape index (κ3) is 4.23. The molecular formula is C19H28O7. The van der Waals surface area contributed by atoms with Crippen molar-refractivity contribution in [2.45, 2.75) is 32.5 Å². The van der Waals surface area contributed by atoms with Crippen LogP contribution in [0.2, 0.25) is 0 Å². The third-order valence-electron chi connectivity index (χ3n) is 5.19. The van der Waals surface area contributed by atoms with Gasteiger partial charge < -0.3 is 25.2 Å². The second-order valence-corrected chi connectivity index (χ2v) is 7.11. The SMILES string of the molecule is C=C[C@]1(C)C[C@H](OC(=O)[C@@H](C)CO)[C@@H](C(=C)C(=O)O)[C@@H](O)[C@H]1C(=C)CO. The lowest BCUT2D eigenvalue weighted by Gasteiger charge is -2.50. The van der Waals surface area contributed by atoms with Crippen molar-refractivity contribution < 1.29 is 34.8 Å². The number of rotatable bonds is 8. The van der Waals surface area contributed by atoms with Gasteiger partial charge in [-0.1, -0.05) is 26.2 Å². The molecule has 0 saturated heterocycles. The predicted octanol–water partition coefficient (Wildman–Crippen LogP) is 0.905. The number of carbonyl (C=O) groups is 2. The van der Waals surface area contributed by atoms with E-state index >= 15 is 0 Å². The topological polar surface area (TPSA) is 124 Å². The lowest BCUT2D eigenvalue weighted by atomic mass is 9.58. The number of hydrogen-bond donors (Lipinski definition) is 4. The largest absolute Gasteiger partial charge is 0.478 e. The number of aliphatic carboxylic acids is 1. The Kier molecular flexibility index (Phi) is 7.32. The van der Waals surface area contributed by atoms with Crippen LogP contribution in [0.4, 0.5) is 0 Å². The zero-order valence-corrected chi connectivity index (χ0v) is 15.2. The van der Waals surface area contributed by atoms with E-state index in [4.69, 9.17) is 9.84 Å². The number of carboxylic acid groups (broad SMARTS) is 1. The highest BCUT2D eigenvalue weighted by Crippen LogP contribution is 2.50. The molecule has 1 saturated carbocycles. The Morgan fingerprint density at radius 3 is 2.35 bits per heavy atom. The summed E-state index contributed by atoms with van der Waals surface area (Å²) in [4.78, 5) is 23.6. The van der Waals surface area contributed by atoms with Crippen LogP contribution < -0.4 is 0 Å². The molecule has 4 N–H and O–H groups in total. The van der Waals surface area contributed by atoms with E-state index in [2.05, 4.69) is 19.7 Å². The van der Waals surface area contributed by atoms with Crippen molar-refractivity contribution in [1.29, 1.82) is 0 Å². The van der Waals surface area contributed by atoms with Crippen LogP contribution in [0.5, 0.6) is 0 Å². The summed E-state index contributed by atoms with van der Waals surface area (Å²) >= 11 is 0. The fourth-order valence-corrected chi connectivity index (χ4v) is 3.55. The number of allylic oxidation sites excluding steroid dienone is 1. The summed E-state index contributed by atoms with van der Waals surface area (Å²) in [6, 6.07) is 0. The maximum absolute atomic E-state index is 12.1. The second-order valence-electron chi connectivity index (χ2n) is 7.11. The maximum Gasteiger partial charge on any atom is 0.331 e. The maximum atomic E-state index is 12.1. The molecular weight excluding hydrogens is 340 g/mol. The number of hydrogen-bond acceptors (Lipinski definition) is 6. The Labute approximate surface area is 153 Å². The van der Waals surface area contributed by atoms with Crippen molar-refractivity contribution in [3.8, 4) is 0 Å². The summed E-state index contributed by atoms with van der Waals surface area (Å²) in [7, 11) is 0. The normalized spacial score (nSPS) is 32.3. The van der Waals surface area contributed by atoms with Crippen LogP contribution in [0, 0.1) is 23.2 Å². The minimum absolute atomic E-state index is 0.165. The summed E-state index contributed by atoms with van der Waals surface area (Å²) in [5.41, 5.74) is -0.757. The Bertz CT molecular complexity index is 597. The highest BCUT2D eigenvalue weighted by atomic mass is 16.5. The highest BCUT2D eigenvalue weighted by Gasteiger charge is 2.53. The van der Waals surface area contributed by atoms with E-state index in [-0.39, 0.29) is 18.6 Å². The van der Waals surface area contributed by atoms with E-state index in [0.717, 1.165) is 0 Å². The second kappa shape index (κ2) is 8.62. The Hall–Kier alpha value is -1.96. The molecule has 0 heterocycles. The number of aliphatic hydroxyl groups excluding tert-OH is 3. The number of carbonyl (C=O) groups excluding carboxylic acids is 1. The number of aliphatic hydroxyl groups is 3. The molecule has 0 spiro atoms. The highest BCUT2D eigenvalue weighted by molar-refractivity contribution is 5.87. The number of esters is 1. The van der Waals surface area contributed by atoms with Crippen molar-refractivity contribution in [3.05, 3.63) is 37.0 Å². The molecule has 1 aliphatic rings. The molecule has 7 nitrogen and oxygen atoms in total.